The molecule has 1 N–H and O–H groups in total. The zero-order valence-corrected chi connectivity index (χ0v) is 17.0. The van der Waals surface area contributed by atoms with Crippen LogP contribution < -0.4 is 4.90 Å². The second-order valence-corrected chi connectivity index (χ2v) is 7.16. The summed E-state index contributed by atoms with van der Waals surface area (Å²) in [7, 11) is 0. The number of aliphatic hydroxyl groups excluding tert-OH is 1. The van der Waals surface area contributed by atoms with Crippen LogP contribution in [0.5, 0.6) is 0 Å². The van der Waals surface area contributed by atoms with Gasteiger partial charge in [-0.1, -0.05) is 72.3 Å². The fourth-order valence-electron chi connectivity index (χ4n) is 3.03. The first-order chi connectivity index (χ1) is 14.0. The molecule has 2 aromatic heterocycles. The highest BCUT2D eigenvalue weighted by Gasteiger charge is 2.22. The maximum atomic E-state index is 10.5. The van der Waals surface area contributed by atoms with Crippen LogP contribution in [0.15, 0.2) is 60.7 Å². The second-order valence-electron chi connectivity index (χ2n) is 6.46. The van der Waals surface area contributed by atoms with Gasteiger partial charge in [-0.2, -0.15) is 9.97 Å². The van der Waals surface area contributed by atoms with Crippen LogP contribution in [0.1, 0.15) is 12.5 Å². The van der Waals surface area contributed by atoms with E-state index in [1.807, 2.05) is 60.7 Å². The summed E-state index contributed by atoms with van der Waals surface area (Å²) in [4.78, 5) is 19.3. The van der Waals surface area contributed by atoms with Crippen molar-refractivity contribution in [1.82, 2.24) is 19.9 Å². The Balaban J connectivity index is 1.90. The van der Waals surface area contributed by atoms with E-state index < -0.39 is 6.23 Å². The lowest BCUT2D eigenvalue weighted by Crippen LogP contribution is -2.33. The molecule has 2 aromatic carbocycles. The minimum Gasteiger partial charge on any atom is -0.374 e. The van der Waals surface area contributed by atoms with E-state index in [9.17, 15) is 5.11 Å². The molecule has 0 aliphatic carbocycles. The van der Waals surface area contributed by atoms with Gasteiger partial charge in [-0.15, -0.1) is 0 Å². The molecule has 29 heavy (non-hydrogen) atoms. The number of aliphatic hydroxyl groups is 1. The van der Waals surface area contributed by atoms with Crippen molar-refractivity contribution in [3.8, 4) is 11.3 Å². The van der Waals surface area contributed by atoms with Crippen LogP contribution >= 0.6 is 23.2 Å². The molecule has 1 unspecified atom stereocenters. The van der Waals surface area contributed by atoms with Crippen LogP contribution in [0.2, 0.25) is 10.4 Å². The maximum Gasteiger partial charge on any atom is 0.226 e. The molecular formula is C21H17Cl2N5O. The monoisotopic (exact) mass is 425 g/mol. The first-order valence-corrected chi connectivity index (χ1v) is 9.73. The number of halogens is 2. The van der Waals surface area contributed by atoms with Gasteiger partial charge in [-0.05, 0) is 24.1 Å². The molecular weight excluding hydrogens is 409 g/mol. The molecule has 4 aromatic rings. The smallest absolute Gasteiger partial charge is 0.226 e. The lowest BCUT2D eigenvalue weighted by atomic mass is 10.1. The molecule has 0 bridgehead atoms. The third-order valence-electron chi connectivity index (χ3n) is 4.41. The molecule has 146 valence electrons. The van der Waals surface area contributed by atoms with Crippen molar-refractivity contribution in [2.24, 2.45) is 0 Å². The molecule has 6 nitrogen and oxygen atoms in total. The predicted octanol–water partition coefficient (Wildman–Crippen LogP) is 4.74. The Hall–Kier alpha value is -2.80. The van der Waals surface area contributed by atoms with Crippen molar-refractivity contribution in [2.75, 3.05) is 4.90 Å². The summed E-state index contributed by atoms with van der Waals surface area (Å²) in [6.45, 7) is 2.07. The topological polar surface area (TPSA) is 75.0 Å². The minimum atomic E-state index is -0.845. The van der Waals surface area contributed by atoms with Crippen molar-refractivity contribution in [3.63, 3.8) is 0 Å². The number of anilines is 1. The van der Waals surface area contributed by atoms with Gasteiger partial charge in [0.2, 0.25) is 5.28 Å². The quantitative estimate of drug-likeness (QED) is 0.367. The van der Waals surface area contributed by atoms with Gasteiger partial charge in [0.05, 0.1) is 0 Å². The van der Waals surface area contributed by atoms with Gasteiger partial charge in [0.1, 0.15) is 11.9 Å². The molecule has 0 radical (unpaired) electrons. The van der Waals surface area contributed by atoms with Crippen molar-refractivity contribution in [3.05, 3.63) is 76.7 Å². The van der Waals surface area contributed by atoms with E-state index in [-0.39, 0.29) is 16.1 Å². The van der Waals surface area contributed by atoms with E-state index in [4.69, 9.17) is 28.2 Å². The molecule has 1 atom stereocenters. The van der Waals surface area contributed by atoms with Gasteiger partial charge in [0.25, 0.3) is 0 Å². The maximum absolute atomic E-state index is 10.5. The van der Waals surface area contributed by atoms with E-state index in [0.29, 0.717) is 23.6 Å². The molecule has 4 rings (SSSR count). The number of fused-ring (bicyclic) bond motifs is 1. The highest BCUT2D eigenvalue weighted by atomic mass is 35.5. The number of benzene rings is 2. The normalized spacial score (nSPS) is 12.1. The Bertz CT molecular complexity index is 1140. The summed E-state index contributed by atoms with van der Waals surface area (Å²) in [6.07, 6.45) is -0.845. The molecule has 0 fully saturated rings. The second kappa shape index (κ2) is 8.29. The third-order valence-corrected chi connectivity index (χ3v) is 4.84. The summed E-state index contributed by atoms with van der Waals surface area (Å²) in [6, 6.07) is 19.3. The predicted molar refractivity (Wildman–Crippen MR) is 115 cm³/mol. The van der Waals surface area contributed by atoms with E-state index in [1.165, 1.54) is 0 Å². The Morgan fingerprint density at radius 1 is 0.897 bits per heavy atom. The number of aromatic nitrogens is 4. The van der Waals surface area contributed by atoms with Crippen LogP contribution in [0.4, 0.5) is 5.82 Å². The number of rotatable bonds is 5. The first-order valence-electron chi connectivity index (χ1n) is 8.98. The first kappa shape index (κ1) is 19.5. The minimum absolute atomic E-state index is 0.00374. The van der Waals surface area contributed by atoms with E-state index in [2.05, 4.69) is 15.0 Å². The highest BCUT2D eigenvalue weighted by molar-refractivity contribution is 6.32. The molecule has 8 heteroatoms. The van der Waals surface area contributed by atoms with Gasteiger partial charge < -0.3 is 10.0 Å². The van der Waals surface area contributed by atoms with Crippen LogP contribution in [-0.4, -0.2) is 31.3 Å². The van der Waals surface area contributed by atoms with Crippen molar-refractivity contribution < 1.29 is 5.11 Å². The Morgan fingerprint density at radius 2 is 1.55 bits per heavy atom. The van der Waals surface area contributed by atoms with Crippen molar-refractivity contribution in [1.29, 1.82) is 0 Å². The lowest BCUT2D eigenvalue weighted by Gasteiger charge is -2.27. The molecule has 2 heterocycles. The summed E-state index contributed by atoms with van der Waals surface area (Å²) in [5.74, 6) is 0.389. The lowest BCUT2D eigenvalue weighted by molar-refractivity contribution is 0.186. The molecule has 0 aliphatic heterocycles. The standard InChI is InChI=1S/C21H17Cl2N5O/c1-13(29)28(12-14-8-4-2-5-9-14)20-17-19(26-21(23)27-20)25-18(22)16(24-17)15-10-6-3-7-11-15/h2-11,13,29H,12H2,1H3. The summed E-state index contributed by atoms with van der Waals surface area (Å²) < 4.78 is 0. The van der Waals surface area contributed by atoms with Crippen LogP contribution in [0, 0.1) is 0 Å². The van der Waals surface area contributed by atoms with E-state index in [1.54, 1.807) is 11.8 Å². The van der Waals surface area contributed by atoms with Crippen LogP contribution in [0.3, 0.4) is 0 Å². The average Bonchev–Trinajstić information content (AvgIpc) is 2.72. The number of hydrogen-bond acceptors (Lipinski definition) is 6. The Labute approximate surface area is 177 Å². The van der Waals surface area contributed by atoms with Crippen molar-refractivity contribution in [2.45, 2.75) is 19.7 Å². The fraction of sp³-hybridized carbons (Fsp3) is 0.143. The van der Waals surface area contributed by atoms with Crippen LogP contribution in [-0.2, 0) is 6.54 Å². The molecule has 0 amide bonds. The number of nitrogens with zero attached hydrogens (tertiary/aromatic N) is 5. The summed E-state index contributed by atoms with van der Waals surface area (Å²) in [5, 5.41) is 10.7. The number of hydrogen-bond donors (Lipinski definition) is 1. The summed E-state index contributed by atoms with van der Waals surface area (Å²) in [5.41, 5.74) is 3.01. The van der Waals surface area contributed by atoms with E-state index >= 15 is 0 Å². The molecule has 0 aliphatic rings. The van der Waals surface area contributed by atoms with Crippen molar-refractivity contribution >= 4 is 40.2 Å². The van der Waals surface area contributed by atoms with E-state index in [0.717, 1.165) is 11.1 Å². The van der Waals surface area contributed by atoms with Gasteiger partial charge >= 0.3 is 0 Å². The molecule has 0 saturated carbocycles. The Morgan fingerprint density at radius 3 is 2.21 bits per heavy atom. The van der Waals surface area contributed by atoms with Gasteiger partial charge in [0.15, 0.2) is 22.1 Å². The third kappa shape index (κ3) is 4.15. The zero-order valence-electron chi connectivity index (χ0n) is 15.5. The van der Waals surface area contributed by atoms with Gasteiger partial charge in [-0.25, -0.2) is 9.97 Å². The Kier molecular flexibility index (Phi) is 5.58. The SMILES string of the molecule is CC(O)N(Cc1ccccc1)c1nc(Cl)nc2nc(Cl)c(-c3ccccc3)nc12. The summed E-state index contributed by atoms with van der Waals surface area (Å²) >= 11 is 12.5. The van der Waals surface area contributed by atoms with Gasteiger partial charge in [0, 0.05) is 12.1 Å². The average molecular weight is 426 g/mol. The molecule has 0 saturated heterocycles. The largest absolute Gasteiger partial charge is 0.374 e. The molecule has 0 spiro atoms. The zero-order chi connectivity index (χ0) is 20.4. The highest BCUT2D eigenvalue weighted by Crippen LogP contribution is 2.31. The van der Waals surface area contributed by atoms with Gasteiger partial charge in [-0.3, -0.25) is 0 Å². The fourth-order valence-corrected chi connectivity index (χ4v) is 3.42. The van der Waals surface area contributed by atoms with Crippen LogP contribution in [0.25, 0.3) is 22.4 Å².